The first-order chi connectivity index (χ1) is 13.2. The van der Waals surface area contributed by atoms with Crippen molar-refractivity contribution in [3.8, 4) is 11.5 Å². The molecule has 0 aliphatic carbocycles. The Labute approximate surface area is 196 Å². The van der Waals surface area contributed by atoms with Gasteiger partial charge in [0.15, 0.2) is 17.5 Å². The molecule has 6 nitrogen and oxygen atoms in total. The molecule has 0 bridgehead atoms. The lowest BCUT2D eigenvalue weighted by atomic mass is 10.1. The third-order valence-electron chi connectivity index (χ3n) is 3.99. The summed E-state index contributed by atoms with van der Waals surface area (Å²) in [5, 5.41) is 6.66. The largest absolute Gasteiger partial charge is 0.490 e. The number of guanidine groups is 1. The van der Waals surface area contributed by atoms with E-state index >= 15 is 0 Å². The van der Waals surface area contributed by atoms with Crippen molar-refractivity contribution >= 4 is 40.7 Å². The van der Waals surface area contributed by atoms with Crippen molar-refractivity contribution in [3.05, 3.63) is 23.8 Å². The van der Waals surface area contributed by atoms with E-state index in [9.17, 15) is 4.21 Å². The predicted molar refractivity (Wildman–Crippen MR) is 134 cm³/mol. The maximum atomic E-state index is 12.2. The Morgan fingerprint density at radius 3 is 2.31 bits per heavy atom. The maximum absolute atomic E-state index is 12.2. The highest BCUT2D eigenvalue weighted by Crippen LogP contribution is 2.30. The van der Waals surface area contributed by atoms with E-state index in [-0.39, 0.29) is 34.8 Å². The third kappa shape index (κ3) is 10.0. The van der Waals surface area contributed by atoms with Gasteiger partial charge in [-0.2, -0.15) is 0 Å². The van der Waals surface area contributed by atoms with Crippen LogP contribution in [0.4, 0.5) is 0 Å². The molecule has 1 aromatic rings. The van der Waals surface area contributed by atoms with Crippen LogP contribution in [0.15, 0.2) is 23.2 Å². The molecular formula is C21H38IN3O3S. The number of ether oxygens (including phenoxy) is 2. The van der Waals surface area contributed by atoms with Crippen molar-refractivity contribution in [3.63, 3.8) is 0 Å². The Morgan fingerprint density at radius 1 is 1.14 bits per heavy atom. The molecule has 1 rings (SSSR count). The van der Waals surface area contributed by atoms with Crippen molar-refractivity contribution in [2.75, 3.05) is 32.1 Å². The van der Waals surface area contributed by atoms with E-state index in [1.807, 2.05) is 59.7 Å². The SMILES string of the molecule is CCNC(=NCCS(=O)C(C)(C)C)NC(C)c1ccc(OCC)c(OCC)c1.I. The average molecular weight is 540 g/mol. The van der Waals surface area contributed by atoms with Gasteiger partial charge in [-0.3, -0.25) is 9.20 Å². The molecule has 1 aromatic carbocycles. The highest BCUT2D eigenvalue weighted by atomic mass is 127. The van der Waals surface area contributed by atoms with Gasteiger partial charge in [-0.25, -0.2) is 0 Å². The van der Waals surface area contributed by atoms with Crippen molar-refractivity contribution in [1.82, 2.24) is 10.6 Å². The van der Waals surface area contributed by atoms with E-state index in [0.717, 1.165) is 23.6 Å². The molecular weight excluding hydrogens is 501 g/mol. The minimum atomic E-state index is -0.910. The van der Waals surface area contributed by atoms with Crippen molar-refractivity contribution < 1.29 is 13.7 Å². The van der Waals surface area contributed by atoms with Crippen LogP contribution in [-0.2, 0) is 10.8 Å². The van der Waals surface area contributed by atoms with E-state index < -0.39 is 10.8 Å². The fraction of sp³-hybridized carbons (Fsp3) is 0.667. The highest BCUT2D eigenvalue weighted by Gasteiger charge is 2.18. The van der Waals surface area contributed by atoms with Gasteiger partial charge in [0, 0.05) is 27.8 Å². The molecule has 0 aromatic heterocycles. The summed E-state index contributed by atoms with van der Waals surface area (Å²) in [7, 11) is -0.910. The molecule has 168 valence electrons. The number of hydrogen-bond acceptors (Lipinski definition) is 4. The van der Waals surface area contributed by atoms with Crippen LogP contribution in [0.5, 0.6) is 11.5 Å². The Bertz CT molecular complexity index is 663. The number of nitrogens with zero attached hydrogens (tertiary/aromatic N) is 1. The zero-order chi connectivity index (χ0) is 21.2. The van der Waals surface area contributed by atoms with Crippen LogP contribution in [-0.4, -0.2) is 47.0 Å². The van der Waals surface area contributed by atoms with E-state index in [1.165, 1.54) is 0 Å². The molecule has 0 aliphatic rings. The minimum absolute atomic E-state index is 0. The van der Waals surface area contributed by atoms with Crippen molar-refractivity contribution in [1.29, 1.82) is 0 Å². The number of rotatable bonds is 10. The summed E-state index contributed by atoms with van der Waals surface area (Å²) in [6.07, 6.45) is 0. The van der Waals surface area contributed by atoms with Crippen LogP contribution in [0.25, 0.3) is 0 Å². The van der Waals surface area contributed by atoms with Gasteiger partial charge in [0.1, 0.15) is 0 Å². The Balaban J connectivity index is 0.00000784. The second kappa shape index (κ2) is 14.1. The van der Waals surface area contributed by atoms with Crippen LogP contribution in [0.3, 0.4) is 0 Å². The topological polar surface area (TPSA) is 72.0 Å². The minimum Gasteiger partial charge on any atom is -0.490 e. The van der Waals surface area contributed by atoms with E-state index in [1.54, 1.807) is 0 Å². The summed E-state index contributed by atoms with van der Waals surface area (Å²) >= 11 is 0. The Kier molecular flexibility index (Phi) is 13.6. The zero-order valence-electron chi connectivity index (χ0n) is 18.8. The van der Waals surface area contributed by atoms with Gasteiger partial charge in [-0.15, -0.1) is 24.0 Å². The number of nitrogens with one attached hydrogen (secondary N) is 2. The van der Waals surface area contributed by atoms with Crippen LogP contribution < -0.4 is 20.1 Å². The molecule has 8 heteroatoms. The summed E-state index contributed by atoms with van der Waals surface area (Å²) in [6.45, 7) is 16.4. The van der Waals surface area contributed by atoms with E-state index in [2.05, 4.69) is 22.5 Å². The number of hydrogen-bond donors (Lipinski definition) is 2. The first-order valence-corrected chi connectivity index (χ1v) is 11.4. The molecule has 0 amide bonds. The fourth-order valence-corrected chi connectivity index (χ4v) is 3.36. The lowest BCUT2D eigenvalue weighted by molar-refractivity contribution is 0.287. The molecule has 29 heavy (non-hydrogen) atoms. The van der Waals surface area contributed by atoms with Gasteiger partial charge < -0.3 is 20.1 Å². The van der Waals surface area contributed by atoms with E-state index in [0.29, 0.717) is 31.5 Å². The Hall–Kier alpha value is -1.03. The van der Waals surface area contributed by atoms with Gasteiger partial charge in [0.2, 0.25) is 0 Å². The number of benzene rings is 1. The third-order valence-corrected chi connectivity index (χ3v) is 5.91. The lowest BCUT2D eigenvalue weighted by Gasteiger charge is -2.20. The van der Waals surface area contributed by atoms with E-state index in [4.69, 9.17) is 9.47 Å². The van der Waals surface area contributed by atoms with Gasteiger partial charge in [-0.1, -0.05) is 6.07 Å². The summed E-state index contributed by atoms with van der Waals surface area (Å²) in [5.41, 5.74) is 1.08. The molecule has 0 heterocycles. The second-order valence-electron chi connectivity index (χ2n) is 7.36. The molecule has 0 radical (unpaired) electrons. The summed E-state index contributed by atoms with van der Waals surface area (Å²) in [5.74, 6) is 2.77. The van der Waals surface area contributed by atoms with Crippen molar-refractivity contribution in [2.45, 2.75) is 59.3 Å². The molecule has 0 saturated heterocycles. The normalized spacial score (nSPS) is 13.8. The van der Waals surface area contributed by atoms with Crippen LogP contribution in [0, 0.1) is 0 Å². The average Bonchev–Trinajstić information content (AvgIpc) is 2.62. The number of aliphatic imine (C=N–C) groups is 1. The van der Waals surface area contributed by atoms with Gasteiger partial charge in [0.25, 0.3) is 0 Å². The Morgan fingerprint density at radius 2 is 1.76 bits per heavy atom. The summed E-state index contributed by atoms with van der Waals surface area (Å²) < 4.78 is 23.4. The van der Waals surface area contributed by atoms with Gasteiger partial charge in [0.05, 0.1) is 25.8 Å². The summed E-state index contributed by atoms with van der Waals surface area (Å²) in [6, 6.07) is 6.01. The standard InChI is InChI=1S/C21H37N3O3S.HI/c1-8-22-20(23-13-14-28(25)21(5,6)7)24-16(4)17-11-12-18(26-9-2)19(15-17)27-10-3;/h11-12,15-16H,8-10,13-14H2,1-7H3,(H2,22,23,24);1H. The van der Waals surface area contributed by atoms with Crippen molar-refractivity contribution in [2.24, 2.45) is 4.99 Å². The fourth-order valence-electron chi connectivity index (χ4n) is 2.49. The molecule has 0 spiro atoms. The second-order valence-corrected chi connectivity index (χ2v) is 9.68. The van der Waals surface area contributed by atoms with Gasteiger partial charge in [-0.05, 0) is 66.2 Å². The lowest BCUT2D eigenvalue weighted by Crippen LogP contribution is -2.39. The first kappa shape index (κ1) is 28.0. The molecule has 0 fully saturated rings. The van der Waals surface area contributed by atoms with Crippen LogP contribution in [0.1, 0.15) is 60.1 Å². The summed E-state index contributed by atoms with van der Waals surface area (Å²) in [4.78, 5) is 4.58. The molecule has 0 aliphatic heterocycles. The highest BCUT2D eigenvalue weighted by molar-refractivity contribution is 14.0. The smallest absolute Gasteiger partial charge is 0.191 e. The molecule has 2 atom stereocenters. The predicted octanol–water partition coefficient (Wildman–Crippen LogP) is 4.27. The zero-order valence-corrected chi connectivity index (χ0v) is 22.0. The molecule has 2 unspecified atom stereocenters. The quantitative estimate of drug-likeness (QED) is 0.264. The number of halogens is 1. The van der Waals surface area contributed by atoms with Crippen LogP contribution in [0.2, 0.25) is 0 Å². The van der Waals surface area contributed by atoms with Crippen LogP contribution >= 0.6 is 24.0 Å². The first-order valence-electron chi connectivity index (χ1n) is 10.1. The monoisotopic (exact) mass is 539 g/mol. The maximum Gasteiger partial charge on any atom is 0.191 e. The van der Waals surface area contributed by atoms with Gasteiger partial charge >= 0.3 is 0 Å². The molecule has 2 N–H and O–H groups in total. The molecule has 0 saturated carbocycles.